The minimum Gasteiger partial charge on any atom is -0.375 e. The van der Waals surface area contributed by atoms with E-state index in [1.807, 2.05) is 0 Å². The number of ether oxygens (including phenoxy) is 1. The van der Waals surface area contributed by atoms with Gasteiger partial charge in [0.1, 0.15) is 0 Å². The number of hydrogen-bond acceptors (Lipinski definition) is 4. The summed E-state index contributed by atoms with van der Waals surface area (Å²) < 4.78 is 6.18. The van der Waals surface area contributed by atoms with Gasteiger partial charge in [0.25, 0.3) is 0 Å². The number of likely N-dealkylation sites (N-methyl/N-ethyl adjacent to an activating group) is 2. The van der Waals surface area contributed by atoms with E-state index in [1.165, 1.54) is 37.2 Å². The summed E-state index contributed by atoms with van der Waals surface area (Å²) in [5, 5.41) is 3.52. The van der Waals surface area contributed by atoms with Crippen LogP contribution in [0.25, 0.3) is 0 Å². The van der Waals surface area contributed by atoms with E-state index in [1.54, 1.807) is 0 Å². The lowest BCUT2D eigenvalue weighted by Crippen LogP contribution is -2.50. The topological polar surface area (TPSA) is 24.5 Å². The van der Waals surface area contributed by atoms with Gasteiger partial charge < -0.3 is 15.0 Å². The molecule has 0 amide bonds. The molecular weight excluding hydrogens is 244 g/mol. The summed E-state index contributed by atoms with van der Waals surface area (Å²) in [6, 6.07) is 0.607. The van der Waals surface area contributed by atoms with E-state index in [0.717, 1.165) is 19.1 Å². The fraction of sp³-hybridized carbons (Fsp3) is 1.00. The van der Waals surface area contributed by atoms with E-state index < -0.39 is 0 Å². The Balaban J connectivity index is 1.96. The van der Waals surface area contributed by atoms with Crippen molar-refractivity contribution in [2.75, 3.05) is 45.8 Å². The van der Waals surface area contributed by atoms with E-state index in [2.05, 4.69) is 43.1 Å². The number of rotatable bonds is 4. The van der Waals surface area contributed by atoms with Crippen LogP contribution in [0.3, 0.4) is 0 Å². The first-order valence-electron chi connectivity index (χ1n) is 7.19. The SMILES string of the molecule is CNC(CN(C)C)C1CCOC2(CCSCC2)C1. The zero-order valence-corrected chi connectivity index (χ0v) is 12.9. The molecule has 0 radical (unpaired) electrons. The number of nitrogens with zero attached hydrogens (tertiary/aromatic N) is 1. The Morgan fingerprint density at radius 3 is 2.72 bits per heavy atom. The van der Waals surface area contributed by atoms with E-state index in [-0.39, 0.29) is 5.60 Å². The molecule has 2 aliphatic rings. The molecule has 1 spiro atoms. The van der Waals surface area contributed by atoms with Crippen LogP contribution < -0.4 is 5.32 Å². The van der Waals surface area contributed by atoms with Gasteiger partial charge in [-0.15, -0.1) is 0 Å². The van der Waals surface area contributed by atoms with Gasteiger partial charge in [-0.3, -0.25) is 0 Å². The van der Waals surface area contributed by atoms with Crippen molar-refractivity contribution in [2.45, 2.75) is 37.3 Å². The fourth-order valence-corrected chi connectivity index (χ4v) is 4.61. The van der Waals surface area contributed by atoms with E-state index in [0.29, 0.717) is 6.04 Å². The summed E-state index contributed by atoms with van der Waals surface area (Å²) >= 11 is 2.08. The predicted octanol–water partition coefficient (Wildman–Crippen LogP) is 1.83. The summed E-state index contributed by atoms with van der Waals surface area (Å²) in [5.74, 6) is 3.34. The molecule has 1 N–H and O–H groups in total. The molecule has 18 heavy (non-hydrogen) atoms. The van der Waals surface area contributed by atoms with Crippen molar-refractivity contribution < 1.29 is 4.74 Å². The van der Waals surface area contributed by atoms with Gasteiger partial charge >= 0.3 is 0 Å². The van der Waals surface area contributed by atoms with Crippen LogP contribution in [0.5, 0.6) is 0 Å². The van der Waals surface area contributed by atoms with Crippen molar-refractivity contribution in [3.8, 4) is 0 Å². The van der Waals surface area contributed by atoms with E-state index in [9.17, 15) is 0 Å². The zero-order valence-electron chi connectivity index (χ0n) is 12.1. The third-order valence-corrected chi connectivity index (χ3v) is 5.42. The number of thioether (sulfide) groups is 1. The van der Waals surface area contributed by atoms with E-state index >= 15 is 0 Å². The highest BCUT2D eigenvalue weighted by Crippen LogP contribution is 2.40. The minimum absolute atomic E-state index is 0.218. The molecule has 0 aromatic heterocycles. The first-order valence-corrected chi connectivity index (χ1v) is 8.34. The molecule has 0 saturated carbocycles. The summed E-state index contributed by atoms with van der Waals surface area (Å²) in [4.78, 5) is 2.29. The predicted molar refractivity (Wildman–Crippen MR) is 79.4 cm³/mol. The highest BCUT2D eigenvalue weighted by molar-refractivity contribution is 7.99. The molecule has 2 saturated heterocycles. The second kappa shape index (κ2) is 6.60. The van der Waals surface area contributed by atoms with Gasteiger partial charge in [0.05, 0.1) is 5.60 Å². The normalized spacial score (nSPS) is 29.7. The molecule has 0 bridgehead atoms. The van der Waals surface area contributed by atoms with Gasteiger partial charge in [-0.05, 0) is 64.2 Å². The average molecular weight is 272 g/mol. The molecule has 106 valence electrons. The van der Waals surface area contributed by atoms with Crippen LogP contribution in [-0.2, 0) is 4.74 Å². The van der Waals surface area contributed by atoms with Gasteiger partial charge in [0.2, 0.25) is 0 Å². The zero-order chi connectivity index (χ0) is 13.0. The van der Waals surface area contributed by atoms with Crippen LogP contribution in [0.15, 0.2) is 0 Å². The minimum atomic E-state index is 0.218. The Labute approximate surface area is 116 Å². The Bertz CT molecular complexity index is 249. The summed E-state index contributed by atoms with van der Waals surface area (Å²) in [6.45, 7) is 2.09. The van der Waals surface area contributed by atoms with Crippen molar-refractivity contribution >= 4 is 11.8 Å². The lowest BCUT2D eigenvalue weighted by Gasteiger charge is -2.45. The van der Waals surface area contributed by atoms with Crippen molar-refractivity contribution in [3.05, 3.63) is 0 Å². The Hall–Kier alpha value is 0.230. The second-order valence-corrected chi connectivity index (χ2v) is 7.28. The lowest BCUT2D eigenvalue weighted by atomic mass is 9.78. The standard InChI is InChI=1S/C14H28N2OS/c1-15-13(11-16(2)3)12-4-7-17-14(10-12)5-8-18-9-6-14/h12-13,15H,4-11H2,1-3H3. The van der Waals surface area contributed by atoms with Crippen LogP contribution in [0.2, 0.25) is 0 Å². The fourth-order valence-electron chi connectivity index (χ4n) is 3.37. The number of hydrogen-bond donors (Lipinski definition) is 1. The summed E-state index contributed by atoms with van der Waals surface area (Å²) in [6.07, 6.45) is 4.99. The quantitative estimate of drug-likeness (QED) is 0.844. The van der Waals surface area contributed by atoms with Gasteiger partial charge in [0.15, 0.2) is 0 Å². The first-order chi connectivity index (χ1) is 8.65. The monoisotopic (exact) mass is 272 g/mol. The van der Waals surface area contributed by atoms with Gasteiger partial charge in [0, 0.05) is 19.2 Å². The summed E-state index contributed by atoms with van der Waals surface area (Å²) in [5.41, 5.74) is 0.218. The highest BCUT2D eigenvalue weighted by Gasteiger charge is 2.40. The lowest BCUT2D eigenvalue weighted by molar-refractivity contribution is -0.107. The average Bonchev–Trinajstić information content (AvgIpc) is 2.36. The molecule has 2 heterocycles. The smallest absolute Gasteiger partial charge is 0.0701 e. The van der Waals surface area contributed by atoms with Crippen molar-refractivity contribution in [2.24, 2.45) is 5.92 Å². The molecule has 3 nitrogen and oxygen atoms in total. The van der Waals surface area contributed by atoms with Gasteiger partial charge in [-0.25, -0.2) is 0 Å². The van der Waals surface area contributed by atoms with Gasteiger partial charge in [-0.2, -0.15) is 11.8 Å². The maximum atomic E-state index is 6.18. The molecule has 2 fully saturated rings. The largest absolute Gasteiger partial charge is 0.375 e. The Morgan fingerprint density at radius 2 is 2.11 bits per heavy atom. The van der Waals surface area contributed by atoms with Gasteiger partial charge in [-0.1, -0.05) is 0 Å². The molecule has 2 rings (SSSR count). The van der Waals surface area contributed by atoms with Crippen molar-refractivity contribution in [1.29, 1.82) is 0 Å². The third kappa shape index (κ3) is 3.62. The molecule has 0 aliphatic carbocycles. The maximum absolute atomic E-state index is 6.18. The van der Waals surface area contributed by atoms with Crippen molar-refractivity contribution in [1.82, 2.24) is 10.2 Å². The number of nitrogens with one attached hydrogen (secondary N) is 1. The van der Waals surface area contributed by atoms with Crippen molar-refractivity contribution in [3.63, 3.8) is 0 Å². The third-order valence-electron chi connectivity index (χ3n) is 4.44. The molecular formula is C14H28N2OS. The molecule has 2 unspecified atom stereocenters. The molecule has 0 aromatic rings. The molecule has 2 atom stereocenters. The van der Waals surface area contributed by atoms with Crippen LogP contribution in [0, 0.1) is 5.92 Å². The Morgan fingerprint density at radius 1 is 1.39 bits per heavy atom. The second-order valence-electron chi connectivity index (χ2n) is 6.05. The summed E-state index contributed by atoms with van der Waals surface area (Å²) in [7, 11) is 6.43. The molecule has 0 aromatic carbocycles. The van der Waals surface area contributed by atoms with Crippen LogP contribution >= 0.6 is 11.8 Å². The maximum Gasteiger partial charge on any atom is 0.0701 e. The van der Waals surface area contributed by atoms with Crippen LogP contribution in [0.1, 0.15) is 25.7 Å². The highest BCUT2D eigenvalue weighted by atomic mass is 32.2. The molecule has 2 aliphatic heterocycles. The Kier molecular flexibility index (Phi) is 5.36. The van der Waals surface area contributed by atoms with Crippen LogP contribution in [0.4, 0.5) is 0 Å². The first kappa shape index (κ1) is 14.6. The van der Waals surface area contributed by atoms with Crippen LogP contribution in [-0.4, -0.2) is 62.3 Å². The molecule has 4 heteroatoms. The van der Waals surface area contributed by atoms with E-state index in [4.69, 9.17) is 4.74 Å².